The van der Waals surface area contributed by atoms with Gasteiger partial charge in [-0.15, -0.1) is 0 Å². The standard InChI is InChI=1S/C43H74N2O14.C14H18As2N2O6/c1-24-21-28(19-20-46)38(59-42-36(49)35(45(9)10)37(26(3)55-42)57-34-23-43(5,6)40(50)27(4)54-34)39(52-11)30(47)22-32(48)53-25(2)15-13-12-14-16-31(24)56-33-18-17-29(44(7)8)41(51)58-33;19-15(20,21)11-1-5-13(6-2-11)17-9-10-18-14-7-3-12(4-8-14)16(22,23)24/h12-14,16,20,24-31,33-42,47,49-51H,15,17-19,21-23H2,1-11H3;1-8,17-18H,9-10H2,(H2,19,20,21)(H2,22,23,24)/b13-12+,16-14+;/t24-,25-,26-,27+,28+,29+,30-,31+,33?,34+,35-,36-,37-,38+,39+,40+,41+,42+;/m1./s1. The number of carbonyl (C=O) groups is 2. The van der Waals surface area contributed by atoms with Gasteiger partial charge in [0.1, 0.15) is 30.7 Å². The van der Waals surface area contributed by atoms with Gasteiger partial charge in [0, 0.05) is 32.8 Å². The van der Waals surface area contributed by atoms with Crippen LogP contribution in [0, 0.1) is 17.3 Å². The van der Waals surface area contributed by atoms with Crippen molar-refractivity contribution in [2.45, 2.75) is 185 Å². The number of aldehydes is 1. The van der Waals surface area contributed by atoms with E-state index in [2.05, 4.69) is 10.6 Å². The number of aliphatic hydroxyl groups excluding tert-OH is 4. The summed E-state index contributed by atoms with van der Waals surface area (Å²) < 4.78 is 108. The number of cyclic esters (lactones) is 1. The number of aliphatic hydroxyl groups is 4. The van der Waals surface area contributed by atoms with Gasteiger partial charge in [0.05, 0.1) is 55.1 Å². The van der Waals surface area contributed by atoms with E-state index < -0.39 is 144 Å². The maximum absolute atomic E-state index is 13.1. The zero-order valence-electron chi connectivity index (χ0n) is 49.5. The second kappa shape index (κ2) is 32.1. The van der Waals surface area contributed by atoms with Crippen LogP contribution in [-0.4, -0.2) is 234 Å². The number of carbonyl (C=O) groups excluding carboxylic acids is 2. The van der Waals surface area contributed by atoms with E-state index in [1.165, 1.54) is 31.4 Å². The number of benzene rings is 2. The average Bonchev–Trinajstić information content (AvgIpc) is 3.49. The Morgan fingerprint density at radius 2 is 1.33 bits per heavy atom. The fraction of sp³-hybridized carbons (Fsp3) is 0.684. The van der Waals surface area contributed by atoms with Crippen molar-refractivity contribution in [3.8, 4) is 0 Å². The van der Waals surface area contributed by atoms with Crippen LogP contribution in [0.3, 0.4) is 0 Å². The molecule has 24 nitrogen and oxygen atoms in total. The normalized spacial score (nSPS) is 34.9. The fourth-order valence-electron chi connectivity index (χ4n) is 10.9. The SMILES string of the molecule is CO[C@@H]1[C@@H](O[C@@H]2O[C@H](C)[C@@H](O[C@H]3CC(C)(C)[C@@H](O)[C@H](C)O3)[C@H](N(C)C)[C@H]2O)[C@@H](CC=O)C[C@@H](C)[C@@H](OC2CC[C@H](N(C)C)[C@@H](O)O2)/C=C/C=C/C[C@@H](C)OC(=O)C[C@H]1O.O=[As](O)(O)c1ccc(NCCNc2ccc([As](=O)(O)O)cc2)cc1. The van der Waals surface area contributed by atoms with Gasteiger partial charge in [0.25, 0.3) is 0 Å². The van der Waals surface area contributed by atoms with E-state index in [9.17, 15) is 37.5 Å². The number of esters is 1. The Bertz CT molecular complexity index is 2390. The van der Waals surface area contributed by atoms with Crippen molar-refractivity contribution in [2.24, 2.45) is 17.3 Å². The summed E-state index contributed by atoms with van der Waals surface area (Å²) in [6.45, 7) is 12.4. The fourth-order valence-corrected chi connectivity index (χ4v) is 13.2. The molecule has 6 rings (SSSR count). The second-order valence-corrected chi connectivity index (χ2v) is 29.9. The molecule has 26 heteroatoms. The third kappa shape index (κ3) is 20.9. The molecule has 4 aliphatic rings. The van der Waals surface area contributed by atoms with Crippen LogP contribution in [0.25, 0.3) is 0 Å². The number of methoxy groups -OCH3 is 1. The predicted octanol–water partition coefficient (Wildman–Crippen LogP) is 0.863. The van der Waals surface area contributed by atoms with Gasteiger partial charge in [-0.1, -0.05) is 45.1 Å². The average molecular weight is 1300 g/mol. The van der Waals surface area contributed by atoms with Crippen molar-refractivity contribution in [1.82, 2.24) is 9.80 Å². The Hall–Kier alpha value is -3.30. The van der Waals surface area contributed by atoms with Crippen molar-refractivity contribution in [2.75, 3.05) is 59.0 Å². The number of anilines is 2. The molecular weight excluding hydrogens is 1210 g/mol. The number of likely N-dealkylation sites (N-methyl/N-ethyl adjacent to an activating group) is 2. The summed E-state index contributed by atoms with van der Waals surface area (Å²) in [5.41, 5.74) is 0.998. The van der Waals surface area contributed by atoms with Crippen molar-refractivity contribution in [3.05, 3.63) is 72.8 Å². The molecule has 3 saturated heterocycles. The van der Waals surface area contributed by atoms with E-state index >= 15 is 0 Å². The molecule has 0 bridgehead atoms. The first-order valence-electron chi connectivity index (χ1n) is 28.2. The second-order valence-electron chi connectivity index (χ2n) is 23.2. The molecule has 0 saturated carbocycles. The predicted molar refractivity (Wildman–Crippen MR) is 307 cm³/mol. The molecule has 83 heavy (non-hydrogen) atoms. The van der Waals surface area contributed by atoms with Crippen molar-refractivity contribution < 1.29 is 91.8 Å². The molecule has 0 radical (unpaired) electrons. The number of nitrogens with one attached hydrogen (secondary N) is 2. The van der Waals surface area contributed by atoms with Gasteiger partial charge in [-0.3, -0.25) is 4.79 Å². The van der Waals surface area contributed by atoms with Gasteiger partial charge in [-0.05, 0) is 79.1 Å². The third-order valence-electron chi connectivity index (χ3n) is 15.6. The van der Waals surface area contributed by atoms with Gasteiger partial charge in [-0.2, -0.15) is 0 Å². The first-order chi connectivity index (χ1) is 38.9. The number of ether oxygens (including phenoxy) is 8. The van der Waals surface area contributed by atoms with Crippen LogP contribution >= 0.6 is 0 Å². The van der Waals surface area contributed by atoms with Gasteiger partial charge in [0.15, 0.2) is 25.2 Å². The Labute approximate surface area is 493 Å². The number of nitrogens with zero attached hydrogens (tertiary/aromatic N) is 2. The van der Waals surface area contributed by atoms with E-state index in [1.807, 2.05) is 90.0 Å². The molecule has 0 amide bonds. The molecule has 470 valence electrons. The van der Waals surface area contributed by atoms with Crippen molar-refractivity contribution >= 4 is 60.7 Å². The summed E-state index contributed by atoms with van der Waals surface area (Å²) in [6, 6.07) is 11.2. The Morgan fingerprint density at radius 3 is 1.83 bits per heavy atom. The topological polar surface area (TPSA) is 334 Å². The molecule has 18 atom stereocenters. The van der Waals surface area contributed by atoms with Crippen LogP contribution in [0.5, 0.6) is 0 Å². The molecular formula is C57H92As2N4O20. The first-order valence-corrected chi connectivity index (χ1v) is 35.0. The van der Waals surface area contributed by atoms with Gasteiger partial charge < -0.3 is 72.9 Å². The first kappa shape index (κ1) is 70.5. The van der Waals surface area contributed by atoms with Gasteiger partial charge in [-0.25, -0.2) is 0 Å². The summed E-state index contributed by atoms with van der Waals surface area (Å²) in [5, 5.41) is 51.4. The molecule has 3 fully saturated rings. The maximum atomic E-state index is 13.1. The third-order valence-corrected chi connectivity index (χ3v) is 19.6. The van der Waals surface area contributed by atoms with Crippen LogP contribution in [0.4, 0.5) is 11.4 Å². The quantitative estimate of drug-likeness (QED) is 0.0428. The van der Waals surface area contributed by atoms with E-state index in [4.69, 9.17) is 54.3 Å². The van der Waals surface area contributed by atoms with E-state index in [0.29, 0.717) is 45.2 Å². The Kier molecular flexibility index (Phi) is 27.2. The summed E-state index contributed by atoms with van der Waals surface area (Å²) in [5.74, 6) is -1.55. The minimum absolute atomic E-state index is 0.0252. The van der Waals surface area contributed by atoms with Crippen LogP contribution in [0.1, 0.15) is 86.5 Å². The summed E-state index contributed by atoms with van der Waals surface area (Å²) >= 11 is -9.67. The number of hydrogen-bond donors (Lipinski definition) is 10. The summed E-state index contributed by atoms with van der Waals surface area (Å²) in [4.78, 5) is 29.3. The molecule has 0 aliphatic carbocycles. The molecule has 4 heterocycles. The molecule has 1 unspecified atom stereocenters. The number of rotatable bonds is 18. The molecule has 10 N–H and O–H groups in total. The van der Waals surface area contributed by atoms with Gasteiger partial charge >= 0.3 is 151 Å². The number of allylic oxidation sites excluding steroid dienone is 2. The van der Waals surface area contributed by atoms with Crippen molar-refractivity contribution in [3.63, 3.8) is 0 Å². The van der Waals surface area contributed by atoms with Gasteiger partial charge in [0.2, 0.25) is 0 Å². The summed E-state index contributed by atoms with van der Waals surface area (Å²) in [6.07, 6.45) is -2.01. The van der Waals surface area contributed by atoms with Crippen LogP contribution in [0.15, 0.2) is 72.8 Å². The number of hydrogen-bond acceptors (Lipinski definition) is 20. The molecule has 0 aromatic heterocycles. The van der Waals surface area contributed by atoms with Crippen LogP contribution in [-0.2, 0) is 55.0 Å². The molecule has 2 aromatic carbocycles. The zero-order valence-corrected chi connectivity index (χ0v) is 53.3. The van der Waals surface area contributed by atoms with Crippen LogP contribution < -0.4 is 19.3 Å². The Balaban J connectivity index is 0.000000436. The Morgan fingerprint density at radius 1 is 0.735 bits per heavy atom. The zero-order chi connectivity index (χ0) is 61.6. The van der Waals surface area contributed by atoms with Crippen LogP contribution in [0.2, 0.25) is 0 Å². The summed E-state index contributed by atoms with van der Waals surface area (Å²) in [7, 11) is 8.79. The van der Waals surface area contributed by atoms with E-state index in [-0.39, 0.29) is 27.1 Å². The molecule has 4 aliphatic heterocycles. The van der Waals surface area contributed by atoms with E-state index in [0.717, 1.165) is 17.7 Å². The van der Waals surface area contributed by atoms with E-state index in [1.54, 1.807) is 38.1 Å². The molecule has 0 spiro atoms. The molecule has 2 aromatic rings. The minimum atomic E-state index is -4.83. The monoisotopic (exact) mass is 1300 g/mol. The van der Waals surface area contributed by atoms with Crippen molar-refractivity contribution in [1.29, 1.82) is 0 Å².